The van der Waals surface area contributed by atoms with Gasteiger partial charge in [0.25, 0.3) is 0 Å². The molecular weight excluding hydrogens is 256 g/mol. The van der Waals surface area contributed by atoms with Crippen molar-refractivity contribution in [1.82, 2.24) is 5.32 Å². The molecule has 2 aromatic rings. The van der Waals surface area contributed by atoms with Crippen LogP contribution in [-0.2, 0) is 0 Å². The van der Waals surface area contributed by atoms with Crippen LogP contribution in [0.5, 0.6) is 0 Å². The van der Waals surface area contributed by atoms with Crippen LogP contribution in [0.25, 0.3) is 0 Å². The fraction of sp³-hybridized carbons (Fsp3) is 0.294. The summed E-state index contributed by atoms with van der Waals surface area (Å²) in [6.07, 6.45) is 0.998. The molecule has 3 heteroatoms. The Morgan fingerprint density at radius 1 is 1.00 bits per heavy atom. The second kappa shape index (κ2) is 6.62. The fourth-order valence-electron chi connectivity index (χ4n) is 2.22. The molecule has 0 heterocycles. The molecule has 0 fully saturated rings. The van der Waals surface area contributed by atoms with Crippen LogP contribution in [0.3, 0.4) is 0 Å². The Balaban J connectivity index is 2.35. The molecule has 0 radical (unpaired) electrons. The van der Waals surface area contributed by atoms with Gasteiger partial charge in [0.05, 0.1) is 6.04 Å². The second-order valence-corrected chi connectivity index (χ2v) is 4.95. The molecule has 0 saturated carbocycles. The predicted molar refractivity (Wildman–Crippen MR) is 77.7 cm³/mol. The van der Waals surface area contributed by atoms with Gasteiger partial charge in [0, 0.05) is 0 Å². The zero-order chi connectivity index (χ0) is 14.5. The van der Waals surface area contributed by atoms with E-state index in [0.29, 0.717) is 5.56 Å². The molecule has 106 valence electrons. The molecule has 20 heavy (non-hydrogen) atoms. The standard InChI is InChI=1S/C17H19F2N/c1-3-10-20-17(13-4-7-15(18)8-5-13)14-6-9-16(19)12(2)11-14/h4-9,11,17,20H,3,10H2,1-2H3. The highest BCUT2D eigenvalue weighted by Gasteiger charge is 2.14. The molecule has 0 aromatic heterocycles. The summed E-state index contributed by atoms with van der Waals surface area (Å²) in [5.41, 5.74) is 2.59. The van der Waals surface area contributed by atoms with E-state index >= 15 is 0 Å². The number of rotatable bonds is 5. The van der Waals surface area contributed by atoms with E-state index in [1.54, 1.807) is 25.1 Å². The minimum atomic E-state index is -0.252. The van der Waals surface area contributed by atoms with Gasteiger partial charge in [-0.05, 0) is 54.8 Å². The van der Waals surface area contributed by atoms with Crippen LogP contribution in [0.4, 0.5) is 8.78 Å². The summed E-state index contributed by atoms with van der Waals surface area (Å²) in [5.74, 6) is -0.458. The van der Waals surface area contributed by atoms with Crippen molar-refractivity contribution in [3.8, 4) is 0 Å². The normalized spacial score (nSPS) is 12.4. The van der Waals surface area contributed by atoms with Crippen LogP contribution < -0.4 is 5.32 Å². The Kier molecular flexibility index (Phi) is 4.85. The third-order valence-corrected chi connectivity index (χ3v) is 3.32. The zero-order valence-electron chi connectivity index (χ0n) is 11.8. The summed E-state index contributed by atoms with van der Waals surface area (Å²) >= 11 is 0. The molecule has 0 saturated heterocycles. The van der Waals surface area contributed by atoms with Crippen LogP contribution in [0.1, 0.15) is 36.1 Å². The predicted octanol–water partition coefficient (Wildman–Crippen LogP) is 4.36. The molecule has 0 bridgehead atoms. The lowest BCUT2D eigenvalue weighted by Crippen LogP contribution is -2.23. The van der Waals surface area contributed by atoms with Crippen molar-refractivity contribution in [3.63, 3.8) is 0 Å². The van der Waals surface area contributed by atoms with Gasteiger partial charge in [0.15, 0.2) is 0 Å². The maximum atomic E-state index is 13.4. The van der Waals surface area contributed by atoms with Crippen molar-refractivity contribution >= 4 is 0 Å². The maximum absolute atomic E-state index is 13.4. The van der Waals surface area contributed by atoms with Crippen molar-refractivity contribution < 1.29 is 8.78 Å². The molecule has 0 aliphatic carbocycles. The van der Waals surface area contributed by atoms with E-state index in [1.165, 1.54) is 18.2 Å². The van der Waals surface area contributed by atoms with Crippen LogP contribution in [-0.4, -0.2) is 6.54 Å². The molecule has 0 amide bonds. The van der Waals surface area contributed by atoms with Crippen molar-refractivity contribution in [2.24, 2.45) is 0 Å². The average molecular weight is 275 g/mol. The quantitative estimate of drug-likeness (QED) is 0.854. The SMILES string of the molecule is CCCNC(c1ccc(F)cc1)c1ccc(F)c(C)c1. The molecule has 1 N–H and O–H groups in total. The lowest BCUT2D eigenvalue weighted by molar-refractivity contribution is 0.586. The first-order valence-corrected chi connectivity index (χ1v) is 6.86. The Morgan fingerprint density at radius 2 is 1.65 bits per heavy atom. The monoisotopic (exact) mass is 275 g/mol. The van der Waals surface area contributed by atoms with Gasteiger partial charge in [0.1, 0.15) is 11.6 Å². The Morgan fingerprint density at radius 3 is 2.25 bits per heavy atom. The summed E-state index contributed by atoms with van der Waals surface area (Å²) in [4.78, 5) is 0. The van der Waals surface area contributed by atoms with Crippen LogP contribution in [0.2, 0.25) is 0 Å². The molecule has 1 unspecified atom stereocenters. The summed E-state index contributed by atoms with van der Waals surface area (Å²) < 4.78 is 26.5. The van der Waals surface area contributed by atoms with Gasteiger partial charge >= 0.3 is 0 Å². The third kappa shape index (κ3) is 3.42. The highest BCUT2D eigenvalue weighted by atomic mass is 19.1. The fourth-order valence-corrected chi connectivity index (χ4v) is 2.22. The molecule has 2 aromatic carbocycles. The van der Waals surface area contributed by atoms with Crippen molar-refractivity contribution in [3.05, 3.63) is 70.8 Å². The number of benzene rings is 2. The highest BCUT2D eigenvalue weighted by molar-refractivity contribution is 5.34. The number of aryl methyl sites for hydroxylation is 1. The minimum absolute atomic E-state index is 0.0464. The third-order valence-electron chi connectivity index (χ3n) is 3.32. The number of hydrogen-bond acceptors (Lipinski definition) is 1. The molecule has 0 spiro atoms. The lowest BCUT2D eigenvalue weighted by atomic mass is 9.97. The Bertz CT molecular complexity index is 564. The molecule has 2 rings (SSSR count). The van der Waals surface area contributed by atoms with E-state index in [1.807, 2.05) is 6.07 Å². The summed E-state index contributed by atoms with van der Waals surface area (Å²) in [7, 11) is 0. The molecular formula is C17H19F2N. The van der Waals surface area contributed by atoms with Crippen molar-refractivity contribution in [2.45, 2.75) is 26.3 Å². The average Bonchev–Trinajstić information content (AvgIpc) is 2.45. The number of hydrogen-bond donors (Lipinski definition) is 1. The van der Waals surface area contributed by atoms with Crippen LogP contribution in [0, 0.1) is 18.6 Å². The van der Waals surface area contributed by atoms with E-state index in [4.69, 9.17) is 0 Å². The first kappa shape index (κ1) is 14.7. The van der Waals surface area contributed by atoms with Gasteiger partial charge < -0.3 is 5.32 Å². The van der Waals surface area contributed by atoms with Crippen LogP contribution >= 0.6 is 0 Å². The van der Waals surface area contributed by atoms with Crippen LogP contribution in [0.15, 0.2) is 42.5 Å². The van der Waals surface area contributed by atoms with E-state index in [2.05, 4.69) is 12.2 Å². The smallest absolute Gasteiger partial charge is 0.126 e. The second-order valence-electron chi connectivity index (χ2n) is 4.95. The first-order chi connectivity index (χ1) is 9.61. The number of nitrogens with one attached hydrogen (secondary N) is 1. The summed E-state index contributed by atoms with van der Waals surface area (Å²) in [5, 5.41) is 3.42. The number of halogens is 2. The molecule has 1 nitrogen and oxygen atoms in total. The lowest BCUT2D eigenvalue weighted by Gasteiger charge is -2.20. The van der Waals surface area contributed by atoms with E-state index < -0.39 is 0 Å². The first-order valence-electron chi connectivity index (χ1n) is 6.86. The molecule has 0 aliphatic rings. The summed E-state index contributed by atoms with van der Waals surface area (Å²) in [6.45, 7) is 4.68. The Hall–Kier alpha value is -1.74. The van der Waals surface area contributed by atoms with Crippen molar-refractivity contribution in [1.29, 1.82) is 0 Å². The molecule has 1 atom stereocenters. The van der Waals surface area contributed by atoms with Gasteiger partial charge in [-0.15, -0.1) is 0 Å². The zero-order valence-corrected chi connectivity index (χ0v) is 11.8. The molecule has 0 aliphatic heterocycles. The summed E-state index contributed by atoms with van der Waals surface area (Å²) in [6, 6.07) is 11.5. The van der Waals surface area contributed by atoms with Gasteiger partial charge in [-0.25, -0.2) is 8.78 Å². The van der Waals surface area contributed by atoms with Gasteiger partial charge in [-0.1, -0.05) is 31.2 Å². The minimum Gasteiger partial charge on any atom is -0.306 e. The van der Waals surface area contributed by atoms with E-state index in [0.717, 1.165) is 24.1 Å². The van der Waals surface area contributed by atoms with Gasteiger partial charge in [-0.2, -0.15) is 0 Å². The maximum Gasteiger partial charge on any atom is 0.126 e. The van der Waals surface area contributed by atoms with Gasteiger partial charge in [-0.3, -0.25) is 0 Å². The van der Waals surface area contributed by atoms with Gasteiger partial charge in [0.2, 0.25) is 0 Å². The van der Waals surface area contributed by atoms with E-state index in [-0.39, 0.29) is 17.7 Å². The highest BCUT2D eigenvalue weighted by Crippen LogP contribution is 2.24. The topological polar surface area (TPSA) is 12.0 Å². The van der Waals surface area contributed by atoms with Crippen molar-refractivity contribution in [2.75, 3.05) is 6.54 Å². The largest absolute Gasteiger partial charge is 0.306 e. The Labute approximate surface area is 118 Å². The van der Waals surface area contributed by atoms with E-state index in [9.17, 15) is 8.78 Å².